The molecule has 0 unspecified atom stereocenters. The molecule has 3 saturated heterocycles. The van der Waals surface area contributed by atoms with Gasteiger partial charge in [-0.3, -0.25) is 19.2 Å². The van der Waals surface area contributed by atoms with Gasteiger partial charge in [0.25, 0.3) is 0 Å². The fraction of sp³-hybridized carbons (Fsp3) is 0.764. The lowest BCUT2D eigenvalue weighted by atomic mass is 9.78. The number of esters is 2. The number of benzene rings is 1. The van der Waals surface area contributed by atoms with E-state index in [9.17, 15) is 49.5 Å². The molecule has 4 heterocycles. The van der Waals surface area contributed by atoms with Gasteiger partial charge in [-0.25, -0.2) is 9.18 Å². The number of nitrogens with zero attached hydrogens (tertiary/aromatic N) is 2. The average molecular weight is 1110 g/mol. The number of aliphatic hydroxyl groups excluding tert-OH is 2. The number of nitrogens with one attached hydrogen (secondary N) is 3. The summed E-state index contributed by atoms with van der Waals surface area (Å²) in [4.78, 5) is 68.1. The lowest BCUT2D eigenvalue weighted by Crippen LogP contribution is -2.61. The van der Waals surface area contributed by atoms with Crippen molar-refractivity contribution < 1.29 is 82.3 Å². The van der Waals surface area contributed by atoms with Crippen LogP contribution >= 0.6 is 0 Å². The maximum Gasteiger partial charge on any atom is 0.341 e. The van der Waals surface area contributed by atoms with Crippen molar-refractivity contribution in [3.63, 3.8) is 0 Å². The van der Waals surface area contributed by atoms with Crippen LogP contribution < -0.4 is 21.4 Å². The predicted octanol–water partition coefficient (Wildman–Crippen LogP) is 3.21. The number of pyridine rings is 1. The molecule has 1 aromatic heterocycles. The minimum absolute atomic E-state index is 0.0154. The Labute approximate surface area is 455 Å². The molecular weight excluding hydrogens is 1020 g/mol. The number of cyclic esters (lactones) is 1. The van der Waals surface area contributed by atoms with E-state index in [1.54, 1.807) is 46.1 Å². The minimum Gasteiger partial charge on any atom is -0.477 e. The molecule has 18 atom stereocenters. The summed E-state index contributed by atoms with van der Waals surface area (Å²) in [6.07, 6.45) is -7.96. The first kappa shape index (κ1) is 62.8. The largest absolute Gasteiger partial charge is 0.477 e. The van der Waals surface area contributed by atoms with Gasteiger partial charge in [0.2, 0.25) is 11.3 Å². The predicted molar refractivity (Wildman–Crippen MR) is 283 cm³/mol. The van der Waals surface area contributed by atoms with E-state index in [4.69, 9.17) is 33.2 Å². The van der Waals surface area contributed by atoms with Crippen LogP contribution in [-0.2, 0) is 47.5 Å². The van der Waals surface area contributed by atoms with Crippen molar-refractivity contribution >= 4 is 40.4 Å². The quantitative estimate of drug-likeness (QED) is 0.0833. The number of carbonyl (C=O) groups is 4. The third kappa shape index (κ3) is 14.2. The molecule has 4 fully saturated rings. The summed E-state index contributed by atoms with van der Waals surface area (Å²) in [6, 6.07) is 1.45. The number of anilines is 1. The highest BCUT2D eigenvalue weighted by molar-refractivity contribution is 5.93. The Kier molecular flexibility index (Phi) is 20.6. The second-order valence-corrected chi connectivity index (χ2v) is 23.1. The van der Waals surface area contributed by atoms with E-state index in [-0.39, 0.29) is 68.0 Å². The normalized spacial score (nSPS) is 37.5. The van der Waals surface area contributed by atoms with Gasteiger partial charge in [-0.2, -0.15) is 0 Å². The second kappa shape index (κ2) is 25.6. The third-order valence-electron chi connectivity index (χ3n) is 16.3. The molecular formula is C55H86FN5O17. The van der Waals surface area contributed by atoms with E-state index in [1.807, 2.05) is 25.9 Å². The smallest absolute Gasteiger partial charge is 0.341 e. The van der Waals surface area contributed by atoms with Crippen LogP contribution in [0.4, 0.5) is 10.1 Å². The van der Waals surface area contributed by atoms with E-state index < -0.39 is 137 Å². The Hall–Kier alpha value is -4.40. The highest BCUT2D eigenvalue weighted by atomic mass is 19.1. The molecule has 0 spiro atoms. The molecule has 8 N–H and O–H groups in total. The Morgan fingerprint density at radius 3 is 2.23 bits per heavy atom. The molecule has 78 heavy (non-hydrogen) atoms. The summed E-state index contributed by atoms with van der Waals surface area (Å²) < 4.78 is 61.3. The molecule has 4 aliphatic rings. The summed E-state index contributed by atoms with van der Waals surface area (Å²) in [5, 5.41) is 66.1. The number of ether oxygens (including phenoxy) is 7. The van der Waals surface area contributed by atoms with Crippen LogP contribution in [0.2, 0.25) is 0 Å². The standard InChI is InChI=1S/C55H86FN5O17/c1-14-40-55(10,71)46(65)31(6)49(66)59-27(2)24-53(8,70)47(78-52-44(64)39(60(11)12)21-28(3)73-52)29(4)45(30(5)51(69)75-40)77-42-25-54(9,72-13)48(32(7)74-42)76-41(62)17-18-57-19-20-58-37-23-38-34(22-36(37)56)43(63)35(50(67)68)26-61(38)33-15-16-33/h22-23,26-33,39-40,42,44-48,52,57-58,64-65,70-71H,14-21,24-25H2,1-13H3,(H,59,66)(H,67,68)/t27-,28-,29+,30-,31-,32+,39+,40-,42+,44-,45+,46-,47-,48+,52+,53-,54-,55-/m1/s1. The number of hydrogen-bond donors (Lipinski definition) is 8. The number of aliphatic hydroxyl groups is 4. The number of amides is 1. The molecule has 1 amide bonds. The number of rotatable bonds is 17. The molecule has 22 nitrogen and oxygen atoms in total. The average Bonchev–Trinajstić information content (AvgIpc) is 4.24. The van der Waals surface area contributed by atoms with Crippen molar-refractivity contribution in [1.29, 1.82) is 0 Å². The summed E-state index contributed by atoms with van der Waals surface area (Å²) in [7, 11) is 5.11. The van der Waals surface area contributed by atoms with E-state index in [0.29, 0.717) is 18.5 Å². The van der Waals surface area contributed by atoms with Gasteiger partial charge in [0, 0.05) is 68.8 Å². The maximum absolute atomic E-state index is 15.2. The van der Waals surface area contributed by atoms with Crippen LogP contribution in [0.1, 0.15) is 131 Å². The first-order valence-corrected chi connectivity index (χ1v) is 27.4. The zero-order valence-corrected chi connectivity index (χ0v) is 47.4. The zero-order chi connectivity index (χ0) is 57.9. The van der Waals surface area contributed by atoms with E-state index in [0.717, 1.165) is 18.9 Å². The van der Waals surface area contributed by atoms with Gasteiger partial charge >= 0.3 is 17.9 Å². The summed E-state index contributed by atoms with van der Waals surface area (Å²) >= 11 is 0. The second-order valence-electron chi connectivity index (χ2n) is 23.1. The molecule has 0 bridgehead atoms. The number of hydrogen-bond acceptors (Lipinski definition) is 19. The number of fused-ring (bicyclic) bond motifs is 1. The van der Waals surface area contributed by atoms with Gasteiger partial charge in [-0.1, -0.05) is 20.8 Å². The molecule has 440 valence electrons. The number of aromatic carboxylic acids is 1. The zero-order valence-electron chi connectivity index (χ0n) is 47.4. The maximum atomic E-state index is 15.2. The fourth-order valence-electron chi connectivity index (χ4n) is 11.6. The first-order chi connectivity index (χ1) is 36.5. The molecule has 3 aliphatic heterocycles. The van der Waals surface area contributed by atoms with Crippen LogP contribution in [0.15, 0.2) is 23.1 Å². The highest BCUT2D eigenvalue weighted by Gasteiger charge is 2.54. The van der Waals surface area contributed by atoms with E-state index in [1.165, 1.54) is 40.1 Å². The van der Waals surface area contributed by atoms with Crippen LogP contribution in [-0.4, -0.2) is 190 Å². The fourth-order valence-corrected chi connectivity index (χ4v) is 11.6. The highest BCUT2D eigenvalue weighted by Crippen LogP contribution is 2.41. The van der Waals surface area contributed by atoms with Crippen LogP contribution in [0, 0.1) is 23.6 Å². The molecule has 6 rings (SSSR count). The first-order valence-electron chi connectivity index (χ1n) is 27.4. The number of aromatic nitrogens is 1. The van der Waals surface area contributed by atoms with Gasteiger partial charge in [0.1, 0.15) is 34.8 Å². The lowest BCUT2D eigenvalue weighted by molar-refractivity contribution is -0.318. The van der Waals surface area contributed by atoms with Crippen LogP contribution in [0.5, 0.6) is 0 Å². The number of carbonyl (C=O) groups excluding carboxylic acids is 3. The van der Waals surface area contributed by atoms with Crippen molar-refractivity contribution in [3.8, 4) is 0 Å². The Bertz CT molecular complexity index is 2490. The number of halogens is 1. The summed E-state index contributed by atoms with van der Waals surface area (Å²) in [5.41, 5.74) is -5.77. The topological polar surface area (TPSA) is 295 Å². The Morgan fingerprint density at radius 1 is 0.936 bits per heavy atom. The van der Waals surface area contributed by atoms with Gasteiger partial charge in [-0.15, -0.1) is 0 Å². The Balaban J connectivity index is 1.18. The number of carboxylic acids is 1. The molecule has 2 aromatic rings. The van der Waals surface area contributed by atoms with Gasteiger partial charge < -0.3 is 84.1 Å². The summed E-state index contributed by atoms with van der Waals surface area (Å²) in [6.45, 7) is 16.9. The molecule has 23 heteroatoms. The molecule has 1 aliphatic carbocycles. The van der Waals surface area contributed by atoms with Gasteiger partial charge in [-0.05, 0) is 107 Å². The van der Waals surface area contributed by atoms with Gasteiger partial charge in [0.05, 0.1) is 65.6 Å². The lowest BCUT2D eigenvalue weighted by Gasteiger charge is -2.49. The molecule has 1 saturated carbocycles. The van der Waals surface area contributed by atoms with Crippen molar-refractivity contribution in [2.24, 2.45) is 17.8 Å². The van der Waals surface area contributed by atoms with Crippen molar-refractivity contribution in [2.75, 3.05) is 46.2 Å². The monoisotopic (exact) mass is 1110 g/mol. The van der Waals surface area contributed by atoms with Crippen LogP contribution in [0.25, 0.3) is 10.9 Å². The van der Waals surface area contributed by atoms with E-state index in [2.05, 4.69) is 16.0 Å². The van der Waals surface area contributed by atoms with Gasteiger partial charge in [0.15, 0.2) is 18.7 Å². The number of likely N-dealkylation sites (N-methyl/N-ethyl adjacent to an activating group) is 1. The van der Waals surface area contributed by atoms with Crippen molar-refractivity contribution in [1.82, 2.24) is 20.1 Å². The van der Waals surface area contributed by atoms with Crippen LogP contribution in [0.3, 0.4) is 0 Å². The molecule has 1 aromatic carbocycles. The SMILES string of the molecule is CC[C@H]1OC(=O)[C@H](C)[C@@H](O[C@H]2C[C@@](C)(OC)[C@@H](OC(=O)CCNCCNc3cc4c(cc3F)c(=O)c(C(=O)O)cn4C3CC3)[C@H](C)O2)[C@H](C)[C@@H](O[C@@H]2O[C@H](C)C[C@H](N(C)C)[C@H]2O)[C@](C)(O)C[C@@H](C)NC(=O)[C@H](C)[C@@H](O)[C@]1(C)O. The number of methoxy groups -OCH3 is 1. The Morgan fingerprint density at radius 2 is 1.62 bits per heavy atom. The molecule has 0 radical (unpaired) electrons. The van der Waals surface area contributed by atoms with E-state index >= 15 is 4.39 Å². The van der Waals surface area contributed by atoms with Crippen molar-refractivity contribution in [2.45, 2.75) is 211 Å². The third-order valence-corrected chi connectivity index (χ3v) is 16.3. The number of carboxylic acid groups (broad SMARTS) is 1. The summed E-state index contributed by atoms with van der Waals surface area (Å²) in [5.74, 6) is -7.44. The minimum atomic E-state index is -2.09. The van der Waals surface area contributed by atoms with Crippen molar-refractivity contribution in [3.05, 3.63) is 39.9 Å².